The van der Waals surface area contributed by atoms with E-state index >= 15 is 0 Å². The molecule has 2 N–H and O–H groups in total. The molecular weight excluding hydrogens is 436 g/mol. The van der Waals surface area contributed by atoms with Crippen molar-refractivity contribution in [1.29, 1.82) is 0 Å². The lowest BCUT2D eigenvalue weighted by atomic mass is 9.96. The summed E-state index contributed by atoms with van der Waals surface area (Å²) in [5.41, 5.74) is 3.53. The molecule has 148 valence electrons. The number of imidazole rings is 1. The highest BCUT2D eigenvalue weighted by atomic mass is 79.9. The highest BCUT2D eigenvalue weighted by Gasteiger charge is 2.34. The summed E-state index contributed by atoms with van der Waals surface area (Å²) in [4.78, 5) is 34.6. The van der Waals surface area contributed by atoms with Gasteiger partial charge in [-0.15, -0.1) is 0 Å². The second kappa shape index (κ2) is 8.08. The van der Waals surface area contributed by atoms with E-state index in [1.54, 1.807) is 35.5 Å². The van der Waals surface area contributed by atoms with Gasteiger partial charge in [-0.2, -0.15) is 0 Å². The summed E-state index contributed by atoms with van der Waals surface area (Å²) >= 11 is 3.45. The number of fused-ring (bicyclic) bond motifs is 1. The molecular formula is C21H19BrN4O3. The summed E-state index contributed by atoms with van der Waals surface area (Å²) in [5, 5.41) is 2.87. The molecule has 2 heterocycles. The lowest BCUT2D eigenvalue weighted by Gasteiger charge is -2.35. The Kier molecular flexibility index (Phi) is 5.35. The van der Waals surface area contributed by atoms with E-state index in [2.05, 4.69) is 31.2 Å². The number of ether oxygens (including phenoxy) is 1. The molecule has 0 unspecified atom stereocenters. The Morgan fingerprint density at radius 3 is 2.72 bits per heavy atom. The molecule has 0 bridgehead atoms. The van der Waals surface area contributed by atoms with Gasteiger partial charge in [0.05, 0.1) is 30.4 Å². The number of urea groups is 1. The Morgan fingerprint density at radius 2 is 1.97 bits per heavy atom. The first kappa shape index (κ1) is 19.2. The second-order valence-electron chi connectivity index (χ2n) is 6.63. The van der Waals surface area contributed by atoms with Gasteiger partial charge in [0, 0.05) is 23.1 Å². The molecule has 29 heavy (non-hydrogen) atoms. The van der Waals surface area contributed by atoms with Crippen molar-refractivity contribution in [3.8, 4) is 0 Å². The Balaban J connectivity index is 1.67. The molecule has 2 aromatic carbocycles. The molecule has 0 fully saturated rings. The van der Waals surface area contributed by atoms with Crippen LogP contribution in [0.15, 0.2) is 59.3 Å². The minimum Gasteiger partial charge on any atom is -0.465 e. The minimum atomic E-state index is -0.501. The number of methoxy groups -OCH3 is 1. The molecule has 4 rings (SSSR count). The van der Waals surface area contributed by atoms with Gasteiger partial charge in [0.2, 0.25) is 0 Å². The van der Waals surface area contributed by atoms with Crippen molar-refractivity contribution in [1.82, 2.24) is 14.9 Å². The van der Waals surface area contributed by atoms with Crippen LogP contribution in [0.5, 0.6) is 0 Å². The maximum Gasteiger partial charge on any atom is 0.339 e. The molecule has 1 atom stereocenters. The Morgan fingerprint density at radius 1 is 1.21 bits per heavy atom. The standard InChI is InChI=1S/C21H19BrN4O3/c1-29-20(27)15-4-2-3-5-16(15)25-21(28)26-11-10-17-18(24-12-23-17)19(26)13-6-8-14(22)9-7-13/h2-9,12,19H,10-11H2,1H3,(H,23,24)(H,25,28)/t19-/m1/s1. The monoisotopic (exact) mass is 454 g/mol. The van der Waals surface area contributed by atoms with Crippen molar-refractivity contribution in [2.45, 2.75) is 12.5 Å². The van der Waals surface area contributed by atoms with Crippen LogP contribution in [0.3, 0.4) is 0 Å². The van der Waals surface area contributed by atoms with E-state index in [-0.39, 0.29) is 12.1 Å². The number of nitrogens with one attached hydrogen (secondary N) is 2. The van der Waals surface area contributed by atoms with Crippen molar-refractivity contribution < 1.29 is 14.3 Å². The fourth-order valence-corrected chi connectivity index (χ4v) is 3.81. The number of aromatic amines is 1. The van der Waals surface area contributed by atoms with Crippen molar-refractivity contribution in [2.75, 3.05) is 19.0 Å². The second-order valence-corrected chi connectivity index (χ2v) is 7.55. The number of hydrogen-bond donors (Lipinski definition) is 2. The van der Waals surface area contributed by atoms with Gasteiger partial charge in [-0.1, -0.05) is 40.2 Å². The van der Waals surface area contributed by atoms with E-state index in [0.29, 0.717) is 24.2 Å². The quantitative estimate of drug-likeness (QED) is 0.582. The maximum absolute atomic E-state index is 13.2. The normalized spacial score (nSPS) is 15.5. The first-order valence-corrected chi connectivity index (χ1v) is 9.90. The van der Waals surface area contributed by atoms with Gasteiger partial charge < -0.3 is 19.9 Å². The van der Waals surface area contributed by atoms with E-state index in [1.807, 2.05) is 24.3 Å². The van der Waals surface area contributed by atoms with E-state index in [9.17, 15) is 9.59 Å². The fraction of sp³-hybridized carbons (Fsp3) is 0.190. The van der Waals surface area contributed by atoms with Crippen molar-refractivity contribution in [2.24, 2.45) is 0 Å². The van der Waals surface area contributed by atoms with Crippen LogP contribution in [-0.2, 0) is 11.2 Å². The van der Waals surface area contributed by atoms with Gasteiger partial charge in [-0.05, 0) is 29.8 Å². The number of aromatic nitrogens is 2. The van der Waals surface area contributed by atoms with Gasteiger partial charge in [-0.25, -0.2) is 14.6 Å². The van der Waals surface area contributed by atoms with Crippen LogP contribution in [0.4, 0.5) is 10.5 Å². The molecule has 0 saturated heterocycles. The number of benzene rings is 2. The van der Waals surface area contributed by atoms with Crippen molar-refractivity contribution >= 4 is 33.6 Å². The van der Waals surface area contributed by atoms with Crippen LogP contribution in [0.1, 0.15) is 33.4 Å². The zero-order valence-corrected chi connectivity index (χ0v) is 17.3. The minimum absolute atomic E-state index is 0.303. The number of esters is 1. The smallest absolute Gasteiger partial charge is 0.339 e. The molecule has 3 aromatic rings. The average Bonchev–Trinajstić information content (AvgIpc) is 3.22. The van der Waals surface area contributed by atoms with Gasteiger partial charge >= 0.3 is 12.0 Å². The zero-order valence-electron chi connectivity index (χ0n) is 15.7. The van der Waals surface area contributed by atoms with Crippen molar-refractivity contribution in [3.63, 3.8) is 0 Å². The van der Waals surface area contributed by atoms with E-state index in [0.717, 1.165) is 21.4 Å². The molecule has 0 spiro atoms. The summed E-state index contributed by atoms with van der Waals surface area (Å²) in [5.74, 6) is -0.501. The van der Waals surface area contributed by atoms with Crippen LogP contribution in [0, 0.1) is 0 Å². The van der Waals surface area contributed by atoms with Crippen LogP contribution in [-0.4, -0.2) is 40.5 Å². The topological polar surface area (TPSA) is 87.3 Å². The third-order valence-corrected chi connectivity index (χ3v) is 5.47. The molecule has 7 nitrogen and oxygen atoms in total. The fourth-order valence-electron chi connectivity index (χ4n) is 3.55. The van der Waals surface area contributed by atoms with Gasteiger partial charge in [-0.3, -0.25) is 0 Å². The lowest BCUT2D eigenvalue weighted by Crippen LogP contribution is -2.43. The van der Waals surface area contributed by atoms with E-state index in [1.165, 1.54) is 7.11 Å². The molecule has 8 heteroatoms. The first-order chi connectivity index (χ1) is 14.1. The molecule has 1 aliphatic heterocycles. The Labute approximate surface area is 176 Å². The molecule has 0 saturated carbocycles. The third kappa shape index (κ3) is 3.75. The summed E-state index contributed by atoms with van der Waals surface area (Å²) in [6, 6.07) is 14.0. The Bertz CT molecular complexity index is 1050. The average molecular weight is 455 g/mol. The maximum atomic E-state index is 13.2. The van der Waals surface area contributed by atoms with Crippen LogP contribution in [0.2, 0.25) is 0 Å². The number of rotatable bonds is 3. The highest BCUT2D eigenvalue weighted by Crippen LogP contribution is 2.34. The number of anilines is 1. The largest absolute Gasteiger partial charge is 0.465 e. The van der Waals surface area contributed by atoms with Crippen LogP contribution >= 0.6 is 15.9 Å². The van der Waals surface area contributed by atoms with Crippen LogP contribution in [0.25, 0.3) is 0 Å². The molecule has 2 amide bonds. The zero-order chi connectivity index (χ0) is 20.4. The van der Waals surface area contributed by atoms with Gasteiger partial charge in [0.1, 0.15) is 6.04 Å². The van der Waals surface area contributed by atoms with E-state index < -0.39 is 5.97 Å². The number of para-hydroxylation sites is 1. The Hall–Kier alpha value is -3.13. The van der Waals surface area contributed by atoms with E-state index in [4.69, 9.17) is 4.74 Å². The predicted octanol–water partition coefficient (Wildman–Crippen LogP) is 4.14. The number of carbonyl (C=O) groups excluding carboxylic acids is 2. The van der Waals surface area contributed by atoms with Gasteiger partial charge in [0.25, 0.3) is 0 Å². The summed E-state index contributed by atoms with van der Waals surface area (Å²) in [6.45, 7) is 0.516. The number of carbonyl (C=O) groups is 2. The SMILES string of the molecule is COC(=O)c1ccccc1NC(=O)N1CCc2[nH]cnc2[C@H]1c1ccc(Br)cc1. The van der Waals surface area contributed by atoms with Gasteiger partial charge in [0.15, 0.2) is 0 Å². The van der Waals surface area contributed by atoms with Crippen LogP contribution < -0.4 is 5.32 Å². The number of amides is 2. The third-order valence-electron chi connectivity index (χ3n) is 4.95. The molecule has 0 aliphatic carbocycles. The lowest BCUT2D eigenvalue weighted by molar-refractivity contribution is 0.0602. The first-order valence-electron chi connectivity index (χ1n) is 9.11. The summed E-state index contributed by atoms with van der Waals surface area (Å²) < 4.78 is 5.78. The summed E-state index contributed by atoms with van der Waals surface area (Å²) in [6.07, 6.45) is 2.33. The number of H-pyrrole nitrogens is 1. The molecule has 0 radical (unpaired) electrons. The highest BCUT2D eigenvalue weighted by molar-refractivity contribution is 9.10. The predicted molar refractivity (Wildman–Crippen MR) is 112 cm³/mol. The molecule has 1 aromatic heterocycles. The molecule has 1 aliphatic rings. The van der Waals surface area contributed by atoms with Crippen molar-refractivity contribution in [3.05, 3.63) is 81.8 Å². The number of hydrogen-bond acceptors (Lipinski definition) is 4. The number of halogens is 1. The summed E-state index contributed by atoms with van der Waals surface area (Å²) in [7, 11) is 1.31. The number of nitrogens with zero attached hydrogens (tertiary/aromatic N) is 2.